The van der Waals surface area contributed by atoms with Gasteiger partial charge in [-0.15, -0.1) is 11.8 Å². The van der Waals surface area contributed by atoms with Gasteiger partial charge < -0.3 is 10.2 Å². The Hall–Kier alpha value is -2.27. The van der Waals surface area contributed by atoms with Crippen molar-refractivity contribution in [3.8, 4) is 0 Å². The van der Waals surface area contributed by atoms with Gasteiger partial charge in [0, 0.05) is 23.5 Å². The van der Waals surface area contributed by atoms with Crippen molar-refractivity contribution < 1.29 is 9.59 Å². The Kier molecular flexibility index (Phi) is 5.76. The van der Waals surface area contributed by atoms with E-state index in [9.17, 15) is 9.59 Å². The van der Waals surface area contributed by atoms with Crippen LogP contribution in [0.3, 0.4) is 0 Å². The number of thioether (sulfide) groups is 1. The Bertz CT molecular complexity index is 753. The number of likely N-dealkylation sites (tertiary alicyclic amines) is 1. The molecule has 1 N–H and O–H groups in total. The smallest absolute Gasteiger partial charge is 0.255 e. The zero-order valence-electron chi connectivity index (χ0n) is 14.3. The second kappa shape index (κ2) is 8.21. The van der Waals surface area contributed by atoms with Gasteiger partial charge in [0.2, 0.25) is 0 Å². The van der Waals surface area contributed by atoms with E-state index >= 15 is 0 Å². The van der Waals surface area contributed by atoms with Crippen LogP contribution in [0.1, 0.15) is 40.0 Å². The average Bonchev–Trinajstić information content (AvgIpc) is 2.68. The van der Waals surface area contributed by atoms with Crippen molar-refractivity contribution >= 4 is 29.3 Å². The molecule has 0 saturated carbocycles. The van der Waals surface area contributed by atoms with Gasteiger partial charge in [-0.2, -0.15) is 0 Å². The summed E-state index contributed by atoms with van der Waals surface area (Å²) in [6, 6.07) is 14.7. The van der Waals surface area contributed by atoms with Crippen molar-refractivity contribution in [1.82, 2.24) is 4.90 Å². The Morgan fingerprint density at radius 2 is 1.64 bits per heavy atom. The SMILES string of the molecule is CSc1ccc(C(=O)Nc2ccccc2C(=O)N2CCCCC2)cc1. The van der Waals surface area contributed by atoms with Gasteiger partial charge in [-0.05, 0) is 61.9 Å². The van der Waals surface area contributed by atoms with Gasteiger partial charge in [-0.3, -0.25) is 9.59 Å². The maximum Gasteiger partial charge on any atom is 0.255 e. The normalized spacial score (nSPS) is 14.2. The van der Waals surface area contributed by atoms with Crippen LogP contribution in [0.15, 0.2) is 53.4 Å². The van der Waals surface area contributed by atoms with Crippen LogP contribution in [0.2, 0.25) is 0 Å². The van der Waals surface area contributed by atoms with E-state index in [1.54, 1.807) is 36.0 Å². The third kappa shape index (κ3) is 4.23. The summed E-state index contributed by atoms with van der Waals surface area (Å²) in [5.41, 5.74) is 1.70. The van der Waals surface area contributed by atoms with Gasteiger partial charge >= 0.3 is 0 Å². The zero-order valence-corrected chi connectivity index (χ0v) is 15.1. The summed E-state index contributed by atoms with van der Waals surface area (Å²) in [4.78, 5) is 28.3. The highest BCUT2D eigenvalue weighted by molar-refractivity contribution is 7.98. The first kappa shape index (κ1) is 17.5. The molecule has 0 bridgehead atoms. The molecule has 1 saturated heterocycles. The minimum Gasteiger partial charge on any atom is -0.339 e. The van der Waals surface area contributed by atoms with E-state index in [2.05, 4.69) is 5.32 Å². The minimum atomic E-state index is -0.202. The largest absolute Gasteiger partial charge is 0.339 e. The van der Waals surface area contributed by atoms with E-state index in [1.165, 1.54) is 6.42 Å². The van der Waals surface area contributed by atoms with Crippen molar-refractivity contribution in [3.63, 3.8) is 0 Å². The quantitative estimate of drug-likeness (QED) is 0.834. The number of piperidine rings is 1. The molecule has 0 aliphatic carbocycles. The molecule has 5 heteroatoms. The molecule has 2 amide bonds. The molecule has 3 rings (SSSR count). The third-order valence-electron chi connectivity index (χ3n) is 4.40. The average molecular weight is 354 g/mol. The van der Waals surface area contributed by atoms with Crippen molar-refractivity contribution in [2.24, 2.45) is 0 Å². The van der Waals surface area contributed by atoms with Gasteiger partial charge in [0.05, 0.1) is 11.3 Å². The predicted octanol–water partition coefficient (Wildman–Crippen LogP) is 4.29. The number of rotatable bonds is 4. The van der Waals surface area contributed by atoms with Crippen molar-refractivity contribution in [2.75, 3.05) is 24.7 Å². The maximum absolute atomic E-state index is 12.8. The minimum absolute atomic E-state index is 0.00618. The van der Waals surface area contributed by atoms with Crippen molar-refractivity contribution in [2.45, 2.75) is 24.2 Å². The first-order chi connectivity index (χ1) is 12.2. The molecule has 0 atom stereocenters. The van der Waals surface area contributed by atoms with E-state index in [1.807, 2.05) is 35.4 Å². The van der Waals surface area contributed by atoms with Crippen LogP contribution in [0, 0.1) is 0 Å². The van der Waals surface area contributed by atoms with Gasteiger partial charge in [0.1, 0.15) is 0 Å². The molecule has 0 radical (unpaired) electrons. The van der Waals surface area contributed by atoms with Crippen LogP contribution >= 0.6 is 11.8 Å². The third-order valence-corrected chi connectivity index (χ3v) is 5.14. The molecule has 4 nitrogen and oxygen atoms in total. The highest BCUT2D eigenvalue weighted by atomic mass is 32.2. The highest BCUT2D eigenvalue weighted by Crippen LogP contribution is 2.21. The molecule has 1 fully saturated rings. The Balaban J connectivity index is 1.77. The molecule has 1 aliphatic heterocycles. The monoisotopic (exact) mass is 354 g/mol. The summed E-state index contributed by atoms with van der Waals surface area (Å²) in [7, 11) is 0. The number of anilines is 1. The summed E-state index contributed by atoms with van der Waals surface area (Å²) in [6.07, 6.45) is 5.26. The number of nitrogens with one attached hydrogen (secondary N) is 1. The maximum atomic E-state index is 12.8. The Labute approximate surface area is 152 Å². The lowest BCUT2D eigenvalue weighted by Gasteiger charge is -2.27. The van der Waals surface area contributed by atoms with Crippen LogP contribution in [-0.4, -0.2) is 36.1 Å². The first-order valence-corrected chi connectivity index (χ1v) is 9.75. The number of amides is 2. The molecule has 2 aromatic carbocycles. The van der Waals surface area contributed by atoms with Gasteiger partial charge in [0.15, 0.2) is 0 Å². The number of carbonyl (C=O) groups excluding carboxylic acids is 2. The van der Waals surface area contributed by atoms with Crippen molar-refractivity contribution in [3.05, 3.63) is 59.7 Å². The molecule has 2 aromatic rings. The van der Waals surface area contributed by atoms with Gasteiger partial charge in [0.25, 0.3) is 11.8 Å². The molecule has 0 spiro atoms. The summed E-state index contributed by atoms with van der Waals surface area (Å²) >= 11 is 1.63. The topological polar surface area (TPSA) is 49.4 Å². The van der Waals surface area contributed by atoms with Crippen LogP contribution in [0.25, 0.3) is 0 Å². The van der Waals surface area contributed by atoms with Crippen LogP contribution < -0.4 is 5.32 Å². The molecule has 130 valence electrons. The molecule has 1 aliphatic rings. The number of hydrogen-bond donors (Lipinski definition) is 1. The summed E-state index contributed by atoms with van der Waals surface area (Å²) in [5.74, 6) is -0.208. The fraction of sp³-hybridized carbons (Fsp3) is 0.300. The van der Waals surface area contributed by atoms with Crippen LogP contribution in [-0.2, 0) is 0 Å². The van der Waals surface area contributed by atoms with E-state index in [-0.39, 0.29) is 11.8 Å². The molecular formula is C20H22N2O2S. The van der Waals surface area contributed by atoms with Crippen LogP contribution in [0.5, 0.6) is 0 Å². The lowest BCUT2D eigenvalue weighted by atomic mass is 10.1. The highest BCUT2D eigenvalue weighted by Gasteiger charge is 2.21. The number of hydrogen-bond acceptors (Lipinski definition) is 3. The summed E-state index contributed by atoms with van der Waals surface area (Å²) in [6.45, 7) is 1.58. The molecule has 0 unspecified atom stereocenters. The van der Waals surface area contributed by atoms with Gasteiger partial charge in [-0.25, -0.2) is 0 Å². The lowest BCUT2D eigenvalue weighted by molar-refractivity contribution is 0.0725. The summed E-state index contributed by atoms with van der Waals surface area (Å²) < 4.78 is 0. The molecule has 25 heavy (non-hydrogen) atoms. The lowest BCUT2D eigenvalue weighted by Crippen LogP contribution is -2.36. The number of para-hydroxylation sites is 1. The second-order valence-corrected chi connectivity index (χ2v) is 6.96. The number of carbonyl (C=O) groups is 2. The fourth-order valence-corrected chi connectivity index (χ4v) is 3.39. The fourth-order valence-electron chi connectivity index (χ4n) is 2.98. The Morgan fingerprint density at radius 3 is 2.32 bits per heavy atom. The van der Waals surface area contributed by atoms with Gasteiger partial charge in [-0.1, -0.05) is 12.1 Å². The van der Waals surface area contributed by atoms with E-state index in [0.29, 0.717) is 16.8 Å². The van der Waals surface area contributed by atoms with E-state index < -0.39 is 0 Å². The number of benzene rings is 2. The Morgan fingerprint density at radius 1 is 0.960 bits per heavy atom. The van der Waals surface area contributed by atoms with Crippen molar-refractivity contribution in [1.29, 1.82) is 0 Å². The van der Waals surface area contributed by atoms with Crippen LogP contribution in [0.4, 0.5) is 5.69 Å². The summed E-state index contributed by atoms with van der Waals surface area (Å²) in [5, 5.41) is 2.89. The molecule has 0 aromatic heterocycles. The predicted molar refractivity (Wildman–Crippen MR) is 102 cm³/mol. The van der Waals surface area contributed by atoms with E-state index in [0.717, 1.165) is 30.8 Å². The molecular weight excluding hydrogens is 332 g/mol. The first-order valence-electron chi connectivity index (χ1n) is 8.53. The number of nitrogens with zero attached hydrogens (tertiary/aromatic N) is 1. The molecule has 1 heterocycles. The second-order valence-electron chi connectivity index (χ2n) is 6.08. The van der Waals surface area contributed by atoms with E-state index in [4.69, 9.17) is 0 Å². The zero-order chi connectivity index (χ0) is 17.6. The standard InChI is InChI=1S/C20H22N2O2S/c1-25-16-11-9-15(10-12-16)19(23)21-18-8-4-3-7-17(18)20(24)22-13-5-2-6-14-22/h3-4,7-12H,2,5-6,13-14H2,1H3,(H,21,23).